The summed E-state index contributed by atoms with van der Waals surface area (Å²) < 4.78 is 29.4. The smallest absolute Gasteiger partial charge is 0.340 e. The monoisotopic (exact) mass is 393 g/mol. The van der Waals surface area contributed by atoms with Crippen molar-refractivity contribution in [3.8, 4) is 5.75 Å². The van der Waals surface area contributed by atoms with Gasteiger partial charge in [-0.25, -0.2) is 10.6 Å². The van der Waals surface area contributed by atoms with Crippen LogP contribution in [0.1, 0.15) is 10.4 Å². The van der Waals surface area contributed by atoms with Crippen molar-refractivity contribution in [3.63, 3.8) is 0 Å². The Kier molecular flexibility index (Phi) is 5.78. The van der Waals surface area contributed by atoms with Crippen LogP contribution < -0.4 is 15.9 Å². The van der Waals surface area contributed by atoms with Gasteiger partial charge in [-0.2, -0.15) is 12.8 Å². The number of hydrogen-bond acceptors (Lipinski definition) is 7. The highest BCUT2D eigenvalue weighted by molar-refractivity contribution is 7.89. The molecule has 0 unspecified atom stereocenters. The highest BCUT2D eigenvalue weighted by Gasteiger charge is 2.31. The molecule has 0 bridgehead atoms. The van der Waals surface area contributed by atoms with Crippen molar-refractivity contribution in [2.24, 2.45) is 5.84 Å². The van der Waals surface area contributed by atoms with Gasteiger partial charge in [-0.1, -0.05) is 12.1 Å². The van der Waals surface area contributed by atoms with Gasteiger partial charge in [0.1, 0.15) is 5.75 Å². The normalized spacial score (nSPS) is 10.7. The molecule has 2 rings (SSSR count). The summed E-state index contributed by atoms with van der Waals surface area (Å²) in [6.07, 6.45) is 0. The number of anilines is 1. The van der Waals surface area contributed by atoms with Crippen LogP contribution in [0.2, 0.25) is 0 Å². The predicted octanol–water partition coefficient (Wildman–Crippen LogP) is 0.423. The maximum absolute atomic E-state index is 12.4. The Bertz CT molecular complexity index is 987. The molecule has 0 spiro atoms. The molecule has 0 radical (unpaired) electrons. The molecule has 10 nitrogen and oxygen atoms in total. The number of para-hydroxylation sites is 1. The summed E-state index contributed by atoms with van der Waals surface area (Å²) in [7, 11) is -3.11. The summed E-state index contributed by atoms with van der Waals surface area (Å²) >= 11 is 0. The van der Waals surface area contributed by atoms with E-state index in [4.69, 9.17) is 15.7 Å². The largest absolute Gasteiger partial charge is 0.497 e. The van der Waals surface area contributed by atoms with Gasteiger partial charge in [0.05, 0.1) is 23.3 Å². The summed E-state index contributed by atoms with van der Waals surface area (Å²) in [5, 5.41) is 11.1. The van der Waals surface area contributed by atoms with Crippen molar-refractivity contribution in [1.82, 2.24) is 4.41 Å². The van der Waals surface area contributed by atoms with Crippen molar-refractivity contribution < 1.29 is 32.6 Å². The van der Waals surface area contributed by atoms with Crippen molar-refractivity contribution in [1.29, 1.82) is 0 Å². The minimum absolute atomic E-state index is 0.182. The number of carbonyl (C=O) groups excluding carboxylic acids is 2. The molecule has 4 N–H and O–H groups in total. The number of nitrogens with two attached hydrogens (primary N) is 1. The Labute approximate surface area is 154 Å². The van der Waals surface area contributed by atoms with Crippen LogP contribution in [-0.4, -0.2) is 42.8 Å². The minimum atomic E-state index is -4.50. The second-order valence-corrected chi connectivity index (χ2v) is 6.90. The first kappa shape index (κ1) is 19.9. The van der Waals surface area contributed by atoms with Gasteiger partial charge in [-0.15, -0.1) is 0 Å². The standard InChI is InChI=1S/C16H15N3O7S/c1-26-10-6-8-11(9-7-10)27(24,25)19(17)15(21)14(20)18-13-5-3-2-4-12(13)16(22)23/h2-9H,17H2,1H3,(H,18,20)(H,22,23). The number of carboxylic acids is 1. The SMILES string of the molecule is COc1ccc(S(=O)(=O)N(N)C(=O)C(=O)Nc2ccccc2C(=O)O)cc1. The van der Waals surface area contributed by atoms with Crippen LogP contribution in [0.15, 0.2) is 53.4 Å². The molecule has 0 saturated heterocycles. The number of amides is 2. The molecular formula is C16H15N3O7S. The molecule has 0 aromatic heterocycles. The van der Waals surface area contributed by atoms with Gasteiger partial charge in [0, 0.05) is 0 Å². The van der Waals surface area contributed by atoms with Gasteiger partial charge < -0.3 is 15.2 Å². The van der Waals surface area contributed by atoms with Crippen LogP contribution >= 0.6 is 0 Å². The molecule has 2 aromatic rings. The molecule has 0 heterocycles. The molecule has 0 atom stereocenters. The van der Waals surface area contributed by atoms with E-state index in [9.17, 15) is 22.8 Å². The number of sulfonamides is 1. The summed E-state index contributed by atoms with van der Waals surface area (Å²) in [5.41, 5.74) is -0.459. The Balaban J connectivity index is 2.23. The maximum Gasteiger partial charge on any atom is 0.340 e. The number of methoxy groups -OCH3 is 1. The third-order valence-electron chi connectivity index (χ3n) is 3.42. The Morgan fingerprint density at radius 3 is 2.22 bits per heavy atom. The third-order valence-corrected chi connectivity index (χ3v) is 4.97. The maximum atomic E-state index is 12.4. The second-order valence-electron chi connectivity index (χ2n) is 5.09. The average molecular weight is 393 g/mol. The van der Waals surface area contributed by atoms with Gasteiger partial charge in [0.2, 0.25) is 0 Å². The Morgan fingerprint density at radius 1 is 1.07 bits per heavy atom. The first-order valence-electron chi connectivity index (χ1n) is 7.30. The number of carbonyl (C=O) groups is 3. The van der Waals surface area contributed by atoms with Crippen LogP contribution in [0, 0.1) is 0 Å². The summed E-state index contributed by atoms with van der Waals surface area (Å²) in [5.74, 6) is 1.37. The number of hydrazine groups is 1. The van der Waals surface area contributed by atoms with Crippen molar-refractivity contribution >= 4 is 33.5 Å². The van der Waals surface area contributed by atoms with Crippen LogP contribution in [0.5, 0.6) is 5.75 Å². The van der Waals surface area contributed by atoms with E-state index >= 15 is 0 Å². The highest BCUT2D eigenvalue weighted by Crippen LogP contribution is 2.19. The molecule has 0 aliphatic rings. The van der Waals surface area contributed by atoms with E-state index in [0.717, 1.165) is 12.1 Å². The molecule has 0 aliphatic heterocycles. The van der Waals surface area contributed by atoms with Gasteiger partial charge >= 0.3 is 17.8 Å². The van der Waals surface area contributed by atoms with E-state index < -0.39 is 27.8 Å². The summed E-state index contributed by atoms with van der Waals surface area (Å²) in [4.78, 5) is 34.9. The molecule has 0 saturated carbocycles. The Morgan fingerprint density at radius 2 is 1.67 bits per heavy atom. The van der Waals surface area contributed by atoms with E-state index in [1.165, 1.54) is 43.5 Å². The minimum Gasteiger partial charge on any atom is -0.497 e. The van der Waals surface area contributed by atoms with Crippen LogP contribution in [0.3, 0.4) is 0 Å². The number of aromatic carboxylic acids is 1. The quantitative estimate of drug-likeness (QED) is 0.286. The number of nitrogens with one attached hydrogen (secondary N) is 1. The van der Waals surface area contributed by atoms with Crippen molar-refractivity contribution in [2.75, 3.05) is 12.4 Å². The topological polar surface area (TPSA) is 156 Å². The zero-order valence-electron chi connectivity index (χ0n) is 13.9. The van der Waals surface area contributed by atoms with Gasteiger partial charge in [0.25, 0.3) is 10.0 Å². The van der Waals surface area contributed by atoms with E-state index in [-0.39, 0.29) is 20.6 Å². The fourth-order valence-corrected chi connectivity index (χ4v) is 3.03. The first-order valence-corrected chi connectivity index (χ1v) is 8.74. The number of ether oxygens (including phenoxy) is 1. The van der Waals surface area contributed by atoms with Crippen LogP contribution in [0.4, 0.5) is 5.69 Å². The first-order chi connectivity index (χ1) is 12.7. The van der Waals surface area contributed by atoms with Gasteiger partial charge in [-0.05, 0) is 36.4 Å². The van der Waals surface area contributed by atoms with Crippen LogP contribution in [0.25, 0.3) is 0 Å². The van der Waals surface area contributed by atoms with E-state index in [0.29, 0.717) is 5.75 Å². The molecule has 2 amide bonds. The number of carboxylic acid groups (broad SMARTS) is 1. The number of rotatable bonds is 5. The molecule has 27 heavy (non-hydrogen) atoms. The molecule has 0 aliphatic carbocycles. The lowest BCUT2D eigenvalue weighted by atomic mass is 10.2. The highest BCUT2D eigenvalue weighted by atomic mass is 32.2. The van der Waals surface area contributed by atoms with E-state index in [1.807, 2.05) is 5.32 Å². The Hall–Kier alpha value is -3.44. The fourth-order valence-electron chi connectivity index (χ4n) is 2.02. The average Bonchev–Trinajstić information content (AvgIpc) is 2.66. The number of nitrogens with zero attached hydrogens (tertiary/aromatic N) is 1. The third kappa shape index (κ3) is 4.22. The molecular weight excluding hydrogens is 378 g/mol. The lowest BCUT2D eigenvalue weighted by Crippen LogP contribution is -2.47. The van der Waals surface area contributed by atoms with Gasteiger partial charge in [-0.3, -0.25) is 9.59 Å². The second kappa shape index (κ2) is 7.85. The zero-order chi connectivity index (χ0) is 20.2. The van der Waals surface area contributed by atoms with Crippen LogP contribution in [-0.2, 0) is 19.6 Å². The summed E-state index contributed by atoms with van der Waals surface area (Å²) in [6.45, 7) is 0. The number of benzene rings is 2. The molecule has 142 valence electrons. The van der Waals surface area contributed by atoms with E-state index in [2.05, 4.69) is 0 Å². The van der Waals surface area contributed by atoms with Gasteiger partial charge in [0.15, 0.2) is 0 Å². The predicted molar refractivity (Wildman–Crippen MR) is 93.2 cm³/mol. The summed E-state index contributed by atoms with van der Waals surface area (Å²) in [6, 6.07) is 10.3. The lowest BCUT2D eigenvalue weighted by molar-refractivity contribution is -0.140. The molecule has 11 heteroatoms. The lowest BCUT2D eigenvalue weighted by Gasteiger charge is -2.17. The number of hydrogen-bond donors (Lipinski definition) is 3. The fraction of sp³-hybridized carbons (Fsp3) is 0.0625. The van der Waals surface area contributed by atoms with Crippen molar-refractivity contribution in [2.45, 2.75) is 4.90 Å². The van der Waals surface area contributed by atoms with E-state index in [1.54, 1.807) is 0 Å². The molecule has 0 fully saturated rings. The zero-order valence-corrected chi connectivity index (χ0v) is 14.8. The van der Waals surface area contributed by atoms with Crippen molar-refractivity contribution in [3.05, 3.63) is 54.1 Å². The molecule has 2 aromatic carbocycles.